The molecule has 0 unspecified atom stereocenters. The lowest BCUT2D eigenvalue weighted by atomic mass is 10.4. The van der Waals surface area contributed by atoms with Crippen LogP contribution in [0.5, 0.6) is 0 Å². The molecule has 0 aliphatic heterocycles. The molecule has 2 N–H and O–H groups in total. The van der Waals surface area contributed by atoms with E-state index < -0.39 is 0 Å². The van der Waals surface area contributed by atoms with Gasteiger partial charge in [0.05, 0.1) is 0 Å². The van der Waals surface area contributed by atoms with Gasteiger partial charge in [0, 0.05) is 5.70 Å². The van der Waals surface area contributed by atoms with Crippen LogP contribution in [0.3, 0.4) is 0 Å². The molecule has 0 rings (SSSR count). The summed E-state index contributed by atoms with van der Waals surface area (Å²) in [5, 5.41) is 0. The van der Waals surface area contributed by atoms with E-state index in [2.05, 4.69) is 33.2 Å². The van der Waals surface area contributed by atoms with Crippen molar-refractivity contribution in [3.63, 3.8) is 0 Å². The number of hydrogen-bond donors (Lipinski definition) is 1. The van der Waals surface area contributed by atoms with Crippen molar-refractivity contribution < 1.29 is 3.83 Å². The van der Waals surface area contributed by atoms with E-state index in [1.54, 1.807) is 12.2 Å². The Morgan fingerprint density at radius 3 is 2.33 bits per heavy atom. The Morgan fingerprint density at radius 1 is 1.44 bits per heavy atom. The van der Waals surface area contributed by atoms with Crippen molar-refractivity contribution in [2.75, 3.05) is 0 Å². The predicted octanol–water partition coefficient (Wildman–Crippen LogP) is 1.86. The summed E-state index contributed by atoms with van der Waals surface area (Å²) in [6, 6.07) is 0. The second kappa shape index (κ2) is 4.21. The third-order valence-electron chi connectivity index (χ3n) is 0.582. The van der Waals surface area contributed by atoms with Gasteiger partial charge in [0.1, 0.15) is 5.76 Å². The monoisotopic (exact) mass is 189 g/mol. The maximum absolute atomic E-state index is 5.20. The van der Waals surface area contributed by atoms with Crippen LogP contribution in [0.2, 0.25) is 0 Å². The van der Waals surface area contributed by atoms with Crippen molar-refractivity contribution in [3.8, 4) is 0 Å². The minimum absolute atomic E-state index is 0.473. The zero-order valence-electron chi connectivity index (χ0n) is 4.93. The molecular formula is C6H8BrNO. The lowest BCUT2D eigenvalue weighted by Gasteiger charge is -1.90. The zero-order valence-corrected chi connectivity index (χ0v) is 6.52. The lowest BCUT2D eigenvalue weighted by Crippen LogP contribution is -1.88. The smallest absolute Gasteiger partial charge is 0.179 e. The summed E-state index contributed by atoms with van der Waals surface area (Å²) < 4.78 is 4.54. The van der Waals surface area contributed by atoms with E-state index in [0.29, 0.717) is 11.5 Å². The first kappa shape index (κ1) is 8.30. The fourth-order valence-electron chi connectivity index (χ4n) is 0.226. The Balaban J connectivity index is 3.71. The maximum atomic E-state index is 5.20. The van der Waals surface area contributed by atoms with Crippen LogP contribution in [-0.2, 0) is 3.83 Å². The fourth-order valence-corrected chi connectivity index (χ4v) is 0.334. The summed E-state index contributed by atoms with van der Waals surface area (Å²) in [7, 11) is 0. The highest BCUT2D eigenvalue weighted by atomic mass is 79.9. The average Bonchev–Trinajstić information content (AvgIpc) is 1.83. The summed E-state index contributed by atoms with van der Waals surface area (Å²) >= 11 is 2.74. The van der Waals surface area contributed by atoms with Gasteiger partial charge in [-0.1, -0.05) is 13.2 Å². The van der Waals surface area contributed by atoms with Crippen LogP contribution in [0.4, 0.5) is 0 Å². The molecule has 0 radical (unpaired) electrons. The van der Waals surface area contributed by atoms with Gasteiger partial charge in [-0.3, -0.25) is 0 Å². The van der Waals surface area contributed by atoms with Crippen LogP contribution >= 0.6 is 16.3 Å². The molecule has 3 heteroatoms. The highest BCUT2D eigenvalue weighted by Crippen LogP contribution is 2.00. The van der Waals surface area contributed by atoms with Crippen molar-refractivity contribution in [1.82, 2.24) is 0 Å². The van der Waals surface area contributed by atoms with Crippen molar-refractivity contribution in [1.29, 1.82) is 0 Å². The first-order chi connectivity index (χ1) is 4.16. The summed E-state index contributed by atoms with van der Waals surface area (Å²) in [4.78, 5) is 0. The van der Waals surface area contributed by atoms with Gasteiger partial charge in [-0.15, -0.1) is 0 Å². The predicted molar refractivity (Wildman–Crippen MR) is 41.6 cm³/mol. The van der Waals surface area contributed by atoms with Crippen LogP contribution in [0.25, 0.3) is 0 Å². The first-order valence-corrected chi connectivity index (χ1v) is 2.91. The highest BCUT2D eigenvalue weighted by molar-refractivity contribution is 9.06. The van der Waals surface area contributed by atoms with E-state index in [1.165, 1.54) is 0 Å². The summed E-state index contributed by atoms with van der Waals surface area (Å²) in [6.45, 7) is 6.93. The quantitative estimate of drug-likeness (QED) is 0.544. The van der Waals surface area contributed by atoms with Crippen LogP contribution in [0.15, 0.2) is 36.8 Å². The van der Waals surface area contributed by atoms with Gasteiger partial charge in [0.2, 0.25) is 0 Å². The zero-order chi connectivity index (χ0) is 7.28. The van der Waals surface area contributed by atoms with E-state index >= 15 is 0 Å². The molecule has 0 saturated carbocycles. The molecule has 9 heavy (non-hydrogen) atoms. The van der Waals surface area contributed by atoms with E-state index in [-0.39, 0.29) is 0 Å². The Bertz CT molecular complexity index is 151. The van der Waals surface area contributed by atoms with Crippen molar-refractivity contribution >= 4 is 16.3 Å². The average molecular weight is 190 g/mol. The van der Waals surface area contributed by atoms with E-state index in [0.717, 1.165) is 0 Å². The van der Waals surface area contributed by atoms with Crippen molar-refractivity contribution in [2.24, 2.45) is 5.73 Å². The summed E-state index contributed by atoms with van der Waals surface area (Å²) in [5.41, 5.74) is 5.68. The maximum Gasteiger partial charge on any atom is 0.179 e. The van der Waals surface area contributed by atoms with Crippen LogP contribution in [-0.4, -0.2) is 0 Å². The first-order valence-electron chi connectivity index (χ1n) is 2.26. The largest absolute Gasteiger partial charge is 0.419 e. The molecule has 0 fully saturated rings. The molecule has 0 amide bonds. The number of rotatable bonds is 3. The van der Waals surface area contributed by atoms with Gasteiger partial charge < -0.3 is 9.56 Å². The second-order valence-corrected chi connectivity index (χ2v) is 1.78. The highest BCUT2D eigenvalue weighted by Gasteiger charge is 1.81. The third-order valence-corrected chi connectivity index (χ3v) is 0.998. The molecule has 0 aromatic carbocycles. The number of hydrogen-bond acceptors (Lipinski definition) is 2. The van der Waals surface area contributed by atoms with Gasteiger partial charge in [-0.25, -0.2) is 0 Å². The SMILES string of the molecule is C=C(N)/C=C\C(=C)OBr. The Morgan fingerprint density at radius 2 is 2.00 bits per heavy atom. The van der Waals surface area contributed by atoms with E-state index in [4.69, 9.17) is 5.73 Å². The molecule has 0 bridgehead atoms. The second-order valence-electron chi connectivity index (χ2n) is 1.45. The van der Waals surface area contributed by atoms with E-state index in [9.17, 15) is 0 Å². The van der Waals surface area contributed by atoms with Crippen molar-refractivity contribution in [2.45, 2.75) is 0 Å². The lowest BCUT2D eigenvalue weighted by molar-refractivity contribution is 0.554. The molecule has 0 aliphatic carbocycles. The van der Waals surface area contributed by atoms with Gasteiger partial charge >= 0.3 is 0 Å². The standard InChI is InChI=1S/C6H8BrNO/c1-5(8)3-4-6(2)9-7/h3-4H,1-2,8H2/b4-3-. The molecule has 50 valence electrons. The van der Waals surface area contributed by atoms with Gasteiger partial charge in [-0.05, 0) is 12.2 Å². The molecule has 0 aromatic rings. The topological polar surface area (TPSA) is 35.2 Å². The van der Waals surface area contributed by atoms with Crippen LogP contribution in [0.1, 0.15) is 0 Å². The molecule has 0 aromatic heterocycles. The molecule has 0 saturated heterocycles. The normalized spacial score (nSPS) is 9.44. The number of halogens is 1. The van der Waals surface area contributed by atoms with Gasteiger partial charge in [-0.2, -0.15) is 0 Å². The summed E-state index contributed by atoms with van der Waals surface area (Å²) in [6.07, 6.45) is 3.21. The molecule has 0 atom stereocenters. The minimum atomic E-state index is 0.473. The third kappa shape index (κ3) is 5.17. The molecule has 2 nitrogen and oxygen atoms in total. The number of nitrogens with two attached hydrogens (primary N) is 1. The molecule has 0 heterocycles. The van der Waals surface area contributed by atoms with Gasteiger partial charge in [0.15, 0.2) is 16.3 Å². The minimum Gasteiger partial charge on any atom is -0.419 e. The fraction of sp³-hybridized carbons (Fsp3) is 0. The van der Waals surface area contributed by atoms with Crippen LogP contribution in [0, 0.1) is 0 Å². The van der Waals surface area contributed by atoms with Gasteiger partial charge in [0.25, 0.3) is 0 Å². The Kier molecular flexibility index (Phi) is 3.88. The molecular weight excluding hydrogens is 182 g/mol. The Labute approximate surface area is 63.1 Å². The number of allylic oxidation sites excluding steroid dienone is 2. The molecule has 0 aliphatic rings. The van der Waals surface area contributed by atoms with E-state index in [1.807, 2.05) is 0 Å². The summed E-state index contributed by atoms with van der Waals surface area (Å²) in [5.74, 6) is 0.488. The Hall–Kier alpha value is -0.700. The molecule has 0 spiro atoms. The van der Waals surface area contributed by atoms with Crippen LogP contribution < -0.4 is 5.73 Å². The van der Waals surface area contributed by atoms with Crippen molar-refractivity contribution in [3.05, 3.63) is 36.8 Å².